The van der Waals surface area contributed by atoms with Crippen LogP contribution in [-0.2, 0) is 0 Å². The zero-order valence-electron chi connectivity index (χ0n) is 10.9. The fraction of sp³-hybridized carbons (Fsp3) is 1.00. The van der Waals surface area contributed by atoms with E-state index in [1.165, 1.54) is 71.2 Å². The molecule has 2 rings (SSSR count). The molecule has 1 N–H and O–H groups in total. The van der Waals surface area contributed by atoms with Crippen LogP contribution in [0.2, 0.25) is 0 Å². The summed E-state index contributed by atoms with van der Waals surface area (Å²) in [4.78, 5) is 2.70. The highest BCUT2D eigenvalue weighted by molar-refractivity contribution is 4.76. The van der Waals surface area contributed by atoms with Crippen molar-refractivity contribution in [2.24, 2.45) is 11.8 Å². The molecule has 0 bridgehead atoms. The van der Waals surface area contributed by atoms with Gasteiger partial charge >= 0.3 is 0 Å². The molecular weight excluding hydrogens is 196 g/mol. The molecule has 0 saturated carbocycles. The average molecular weight is 224 g/mol. The summed E-state index contributed by atoms with van der Waals surface area (Å²) in [6.07, 6.45) is 8.57. The first-order valence-electron chi connectivity index (χ1n) is 7.31. The van der Waals surface area contributed by atoms with Gasteiger partial charge in [0.25, 0.3) is 0 Å². The number of likely N-dealkylation sites (tertiary alicyclic amines) is 1. The lowest BCUT2D eigenvalue weighted by Crippen LogP contribution is -2.35. The van der Waals surface area contributed by atoms with E-state index >= 15 is 0 Å². The second-order valence-electron chi connectivity index (χ2n) is 5.72. The molecule has 2 fully saturated rings. The van der Waals surface area contributed by atoms with Crippen LogP contribution < -0.4 is 5.32 Å². The van der Waals surface area contributed by atoms with E-state index < -0.39 is 0 Å². The Hall–Kier alpha value is -0.0800. The van der Waals surface area contributed by atoms with Crippen molar-refractivity contribution in [3.8, 4) is 0 Å². The van der Waals surface area contributed by atoms with Gasteiger partial charge in [-0.1, -0.05) is 19.8 Å². The van der Waals surface area contributed by atoms with Crippen LogP contribution in [0.1, 0.15) is 45.4 Å². The Morgan fingerprint density at radius 1 is 1.06 bits per heavy atom. The molecule has 2 heterocycles. The van der Waals surface area contributed by atoms with Crippen LogP contribution in [0.4, 0.5) is 0 Å². The Labute approximate surface area is 101 Å². The fourth-order valence-electron chi connectivity index (χ4n) is 3.23. The molecule has 2 heteroatoms. The largest absolute Gasteiger partial charge is 0.316 e. The van der Waals surface area contributed by atoms with Gasteiger partial charge in [0.2, 0.25) is 0 Å². The normalized spacial score (nSPS) is 28.7. The summed E-state index contributed by atoms with van der Waals surface area (Å²) in [6.45, 7) is 8.93. The van der Waals surface area contributed by atoms with Gasteiger partial charge in [0.1, 0.15) is 0 Å². The monoisotopic (exact) mass is 224 g/mol. The van der Waals surface area contributed by atoms with Crippen LogP contribution in [0.25, 0.3) is 0 Å². The van der Waals surface area contributed by atoms with Gasteiger partial charge in [-0.15, -0.1) is 0 Å². The maximum atomic E-state index is 3.47. The molecule has 0 spiro atoms. The van der Waals surface area contributed by atoms with Gasteiger partial charge in [-0.3, -0.25) is 0 Å². The minimum atomic E-state index is 0.966. The van der Waals surface area contributed by atoms with Gasteiger partial charge in [-0.05, 0) is 70.2 Å². The van der Waals surface area contributed by atoms with Crippen molar-refractivity contribution in [1.82, 2.24) is 10.2 Å². The second kappa shape index (κ2) is 6.61. The third-order valence-electron chi connectivity index (χ3n) is 4.42. The topological polar surface area (TPSA) is 15.3 Å². The second-order valence-corrected chi connectivity index (χ2v) is 5.72. The Morgan fingerprint density at radius 3 is 2.50 bits per heavy atom. The number of nitrogens with one attached hydrogen (secondary N) is 1. The van der Waals surface area contributed by atoms with Gasteiger partial charge in [0.05, 0.1) is 0 Å². The quantitative estimate of drug-likeness (QED) is 0.772. The van der Waals surface area contributed by atoms with Crippen molar-refractivity contribution in [2.45, 2.75) is 45.4 Å². The number of hydrogen-bond donors (Lipinski definition) is 1. The van der Waals surface area contributed by atoms with E-state index in [9.17, 15) is 0 Å². The summed E-state index contributed by atoms with van der Waals surface area (Å²) < 4.78 is 0. The summed E-state index contributed by atoms with van der Waals surface area (Å²) >= 11 is 0. The van der Waals surface area contributed by atoms with Gasteiger partial charge in [0.15, 0.2) is 0 Å². The van der Waals surface area contributed by atoms with E-state index in [2.05, 4.69) is 17.1 Å². The van der Waals surface area contributed by atoms with E-state index in [0.717, 1.165) is 11.8 Å². The Balaban J connectivity index is 1.57. The smallest absolute Gasteiger partial charge is 0.00156 e. The summed E-state index contributed by atoms with van der Waals surface area (Å²) in [6, 6.07) is 0. The first-order chi connectivity index (χ1) is 7.88. The van der Waals surface area contributed by atoms with Crippen LogP contribution in [-0.4, -0.2) is 37.6 Å². The van der Waals surface area contributed by atoms with E-state index in [1.54, 1.807) is 0 Å². The number of rotatable bonds is 5. The van der Waals surface area contributed by atoms with Crippen molar-refractivity contribution in [1.29, 1.82) is 0 Å². The Bertz CT molecular complexity index is 179. The van der Waals surface area contributed by atoms with E-state index in [-0.39, 0.29) is 0 Å². The predicted octanol–water partition coefficient (Wildman–Crippen LogP) is 2.50. The Kier molecular flexibility index (Phi) is 5.11. The molecule has 0 aliphatic carbocycles. The maximum Gasteiger partial charge on any atom is -0.00156 e. The minimum Gasteiger partial charge on any atom is -0.316 e. The summed E-state index contributed by atoms with van der Waals surface area (Å²) in [5.74, 6) is 2.00. The van der Waals surface area contributed by atoms with Crippen LogP contribution in [0, 0.1) is 11.8 Å². The zero-order valence-corrected chi connectivity index (χ0v) is 10.9. The molecule has 94 valence electrons. The highest BCUT2D eigenvalue weighted by Crippen LogP contribution is 2.22. The van der Waals surface area contributed by atoms with Crippen molar-refractivity contribution in [3.05, 3.63) is 0 Å². The van der Waals surface area contributed by atoms with Crippen LogP contribution in [0.5, 0.6) is 0 Å². The fourth-order valence-corrected chi connectivity index (χ4v) is 3.23. The van der Waals surface area contributed by atoms with E-state index in [1.807, 2.05) is 0 Å². The summed E-state index contributed by atoms with van der Waals surface area (Å²) in [7, 11) is 0. The third-order valence-corrected chi connectivity index (χ3v) is 4.42. The molecule has 0 aromatic carbocycles. The van der Waals surface area contributed by atoms with Gasteiger partial charge in [-0.25, -0.2) is 0 Å². The molecule has 0 radical (unpaired) electrons. The van der Waals surface area contributed by atoms with Crippen molar-refractivity contribution in [2.75, 3.05) is 32.7 Å². The molecule has 2 aliphatic rings. The predicted molar refractivity (Wildman–Crippen MR) is 69.7 cm³/mol. The zero-order chi connectivity index (χ0) is 11.2. The number of piperidine rings is 1. The van der Waals surface area contributed by atoms with Crippen LogP contribution in [0.15, 0.2) is 0 Å². The van der Waals surface area contributed by atoms with Crippen molar-refractivity contribution < 1.29 is 0 Å². The van der Waals surface area contributed by atoms with Crippen LogP contribution in [0.3, 0.4) is 0 Å². The summed E-state index contributed by atoms with van der Waals surface area (Å²) in [5, 5.41) is 3.47. The lowest BCUT2D eigenvalue weighted by atomic mass is 9.92. The van der Waals surface area contributed by atoms with Crippen molar-refractivity contribution >= 4 is 0 Å². The molecule has 0 aromatic rings. The third kappa shape index (κ3) is 3.74. The molecule has 0 aromatic heterocycles. The number of nitrogens with zero attached hydrogens (tertiary/aromatic N) is 1. The van der Waals surface area contributed by atoms with E-state index in [4.69, 9.17) is 0 Å². The highest BCUT2D eigenvalue weighted by atomic mass is 15.1. The summed E-state index contributed by atoms with van der Waals surface area (Å²) in [5.41, 5.74) is 0. The Morgan fingerprint density at radius 2 is 1.88 bits per heavy atom. The van der Waals surface area contributed by atoms with Gasteiger partial charge in [-0.2, -0.15) is 0 Å². The standard InChI is InChI=1S/C14H28N2/c1-2-3-13-5-9-16(10-6-13)11-7-14-4-8-15-12-14/h13-15H,2-12H2,1H3. The average Bonchev–Trinajstić information content (AvgIpc) is 2.82. The molecular formula is C14H28N2. The molecule has 2 aliphatic heterocycles. The number of hydrogen-bond acceptors (Lipinski definition) is 2. The van der Waals surface area contributed by atoms with E-state index in [0.29, 0.717) is 0 Å². The maximum absolute atomic E-state index is 3.47. The molecule has 2 nitrogen and oxygen atoms in total. The minimum absolute atomic E-state index is 0.966. The lowest BCUT2D eigenvalue weighted by Gasteiger charge is -2.32. The van der Waals surface area contributed by atoms with Crippen molar-refractivity contribution in [3.63, 3.8) is 0 Å². The first-order valence-corrected chi connectivity index (χ1v) is 7.31. The van der Waals surface area contributed by atoms with Gasteiger partial charge < -0.3 is 10.2 Å². The first kappa shape index (κ1) is 12.4. The lowest BCUT2D eigenvalue weighted by molar-refractivity contribution is 0.170. The SMILES string of the molecule is CCCC1CCN(CCC2CCNC2)CC1. The molecule has 0 amide bonds. The molecule has 2 saturated heterocycles. The van der Waals surface area contributed by atoms with Crippen LogP contribution >= 0.6 is 0 Å². The molecule has 1 unspecified atom stereocenters. The molecule has 16 heavy (non-hydrogen) atoms. The molecule has 1 atom stereocenters. The van der Waals surface area contributed by atoms with Gasteiger partial charge in [0, 0.05) is 0 Å². The highest BCUT2D eigenvalue weighted by Gasteiger charge is 2.20.